The van der Waals surface area contributed by atoms with Gasteiger partial charge in [0.1, 0.15) is 0 Å². The van der Waals surface area contributed by atoms with Crippen molar-refractivity contribution in [2.24, 2.45) is 0 Å². The summed E-state index contributed by atoms with van der Waals surface area (Å²) >= 11 is 0. The number of pyridine rings is 1. The van der Waals surface area contributed by atoms with E-state index in [0.29, 0.717) is 17.1 Å². The first kappa shape index (κ1) is 9.88. The third kappa shape index (κ3) is 2.40. The Morgan fingerprint density at radius 1 is 1.64 bits per heavy atom. The predicted molar refractivity (Wildman–Crippen MR) is 52.3 cm³/mol. The fourth-order valence-corrected chi connectivity index (χ4v) is 0.900. The zero-order chi connectivity index (χ0) is 10.4. The first-order chi connectivity index (χ1) is 6.77. The van der Waals surface area contributed by atoms with Crippen molar-refractivity contribution in [2.45, 2.75) is 6.42 Å². The molecule has 2 N–H and O–H groups in total. The molecule has 0 atom stereocenters. The molecular formula is C10H9N3O. The van der Waals surface area contributed by atoms with Crippen molar-refractivity contribution in [2.75, 3.05) is 12.8 Å². The van der Waals surface area contributed by atoms with Crippen molar-refractivity contribution in [3.63, 3.8) is 0 Å². The number of nitrogens with two attached hydrogens (primary N) is 1. The number of hydrogen-bond donors (Lipinski definition) is 1. The van der Waals surface area contributed by atoms with Gasteiger partial charge in [0, 0.05) is 0 Å². The number of rotatable bonds is 1. The molecule has 0 saturated carbocycles. The Morgan fingerprint density at radius 3 is 3.07 bits per heavy atom. The van der Waals surface area contributed by atoms with Crippen LogP contribution in [0, 0.1) is 23.2 Å². The molecule has 0 amide bonds. The Hall–Kier alpha value is -2.20. The number of methoxy groups -OCH3 is 1. The van der Waals surface area contributed by atoms with E-state index in [4.69, 9.17) is 15.7 Å². The largest absolute Gasteiger partial charge is 0.480 e. The molecule has 1 aromatic heterocycles. The molecule has 0 radical (unpaired) electrons. The molecule has 0 aliphatic carbocycles. The van der Waals surface area contributed by atoms with Gasteiger partial charge in [-0.2, -0.15) is 5.26 Å². The highest BCUT2D eigenvalue weighted by atomic mass is 16.5. The van der Waals surface area contributed by atoms with E-state index < -0.39 is 0 Å². The molecule has 1 aromatic rings. The van der Waals surface area contributed by atoms with Crippen molar-refractivity contribution < 1.29 is 4.74 Å². The van der Waals surface area contributed by atoms with Crippen LogP contribution < -0.4 is 10.5 Å². The number of nitrogen functional groups attached to an aromatic ring is 1. The summed E-state index contributed by atoms with van der Waals surface area (Å²) in [5.41, 5.74) is 6.66. The van der Waals surface area contributed by atoms with Crippen molar-refractivity contribution >= 4 is 5.69 Å². The van der Waals surface area contributed by atoms with E-state index in [1.807, 2.05) is 6.07 Å². The first-order valence-electron chi connectivity index (χ1n) is 3.93. The highest BCUT2D eigenvalue weighted by molar-refractivity contribution is 5.50. The van der Waals surface area contributed by atoms with Crippen LogP contribution in [0.2, 0.25) is 0 Å². The lowest BCUT2D eigenvalue weighted by molar-refractivity contribution is 0.397. The molecule has 1 heterocycles. The Labute approximate surface area is 82.3 Å². The number of nitriles is 1. The quantitative estimate of drug-likeness (QED) is 0.664. The molecule has 0 aliphatic heterocycles. The zero-order valence-corrected chi connectivity index (χ0v) is 7.74. The topological polar surface area (TPSA) is 71.9 Å². The highest BCUT2D eigenvalue weighted by Gasteiger charge is 2.00. The molecule has 4 heteroatoms. The zero-order valence-electron chi connectivity index (χ0n) is 7.74. The second-order valence-corrected chi connectivity index (χ2v) is 2.46. The van der Waals surface area contributed by atoms with Gasteiger partial charge >= 0.3 is 0 Å². The summed E-state index contributed by atoms with van der Waals surface area (Å²) in [5.74, 6) is 5.85. The number of anilines is 1. The van der Waals surface area contributed by atoms with Crippen LogP contribution in [0.1, 0.15) is 12.0 Å². The molecular weight excluding hydrogens is 178 g/mol. The lowest BCUT2D eigenvalue weighted by Gasteiger charge is -2.01. The van der Waals surface area contributed by atoms with E-state index in [0.717, 1.165) is 0 Å². The van der Waals surface area contributed by atoms with E-state index in [2.05, 4.69) is 16.8 Å². The molecule has 0 spiro atoms. The van der Waals surface area contributed by atoms with Gasteiger partial charge in [0.25, 0.3) is 0 Å². The molecule has 1 rings (SSSR count). The Morgan fingerprint density at radius 2 is 2.43 bits per heavy atom. The SMILES string of the molecule is COc1ncc(N)cc1C#CCC#N. The summed E-state index contributed by atoms with van der Waals surface area (Å²) in [6, 6.07) is 3.59. The molecule has 0 bridgehead atoms. The minimum atomic E-state index is 0.179. The van der Waals surface area contributed by atoms with E-state index in [9.17, 15) is 0 Å². The van der Waals surface area contributed by atoms with Gasteiger partial charge in [0.2, 0.25) is 5.88 Å². The number of aromatic nitrogens is 1. The van der Waals surface area contributed by atoms with Crippen LogP contribution in [0.3, 0.4) is 0 Å². The maximum absolute atomic E-state index is 8.30. The fourth-order valence-electron chi connectivity index (χ4n) is 0.900. The molecule has 70 valence electrons. The lowest BCUT2D eigenvalue weighted by Crippen LogP contribution is -1.94. The van der Waals surface area contributed by atoms with Gasteiger partial charge in [-0.3, -0.25) is 0 Å². The standard InChI is InChI=1S/C10H9N3O/c1-14-10-8(4-2-3-5-11)6-9(12)7-13-10/h6-7H,3,12H2,1H3. The Kier molecular flexibility index (Phi) is 3.34. The van der Waals surface area contributed by atoms with Gasteiger partial charge in [-0.15, -0.1) is 0 Å². The summed E-state index contributed by atoms with van der Waals surface area (Å²) in [6.07, 6.45) is 1.67. The molecule has 0 unspecified atom stereocenters. The fraction of sp³-hybridized carbons (Fsp3) is 0.200. The molecule has 0 aliphatic rings. The van der Waals surface area contributed by atoms with Gasteiger partial charge in [0.05, 0.1) is 37.0 Å². The van der Waals surface area contributed by atoms with Crippen molar-refractivity contribution in [3.8, 4) is 23.8 Å². The van der Waals surface area contributed by atoms with Crippen molar-refractivity contribution in [3.05, 3.63) is 17.8 Å². The van der Waals surface area contributed by atoms with Crippen molar-refractivity contribution in [1.82, 2.24) is 4.98 Å². The summed E-state index contributed by atoms with van der Waals surface area (Å²) in [5, 5.41) is 8.30. The molecule has 0 aromatic carbocycles. The van der Waals surface area contributed by atoms with E-state index in [1.54, 1.807) is 6.07 Å². The predicted octanol–water partition coefficient (Wildman–Crippen LogP) is 0.938. The number of ether oxygens (including phenoxy) is 1. The summed E-state index contributed by atoms with van der Waals surface area (Å²) < 4.78 is 4.98. The van der Waals surface area contributed by atoms with Crippen LogP contribution in [-0.4, -0.2) is 12.1 Å². The third-order valence-corrected chi connectivity index (χ3v) is 1.46. The maximum Gasteiger partial charge on any atom is 0.229 e. The Balaban J connectivity index is 3.02. The normalized spacial score (nSPS) is 8.29. The van der Waals surface area contributed by atoms with Crippen LogP contribution in [0.4, 0.5) is 5.69 Å². The van der Waals surface area contributed by atoms with E-state index in [1.165, 1.54) is 13.3 Å². The summed E-state index contributed by atoms with van der Waals surface area (Å²) in [6.45, 7) is 0. The summed E-state index contributed by atoms with van der Waals surface area (Å²) in [4.78, 5) is 3.94. The van der Waals surface area contributed by atoms with Gasteiger partial charge in [-0.25, -0.2) is 4.98 Å². The van der Waals surface area contributed by atoms with E-state index >= 15 is 0 Å². The number of nitrogens with zero attached hydrogens (tertiary/aromatic N) is 2. The minimum Gasteiger partial charge on any atom is -0.480 e. The van der Waals surface area contributed by atoms with Crippen LogP contribution in [0.25, 0.3) is 0 Å². The van der Waals surface area contributed by atoms with Gasteiger partial charge in [0.15, 0.2) is 0 Å². The molecule has 14 heavy (non-hydrogen) atoms. The smallest absolute Gasteiger partial charge is 0.229 e. The first-order valence-corrected chi connectivity index (χ1v) is 3.93. The highest BCUT2D eigenvalue weighted by Crippen LogP contribution is 2.15. The average molecular weight is 187 g/mol. The minimum absolute atomic E-state index is 0.179. The van der Waals surface area contributed by atoms with Gasteiger partial charge < -0.3 is 10.5 Å². The number of hydrogen-bond acceptors (Lipinski definition) is 4. The lowest BCUT2D eigenvalue weighted by atomic mass is 10.2. The van der Waals surface area contributed by atoms with Gasteiger partial charge in [-0.1, -0.05) is 11.8 Å². The third-order valence-electron chi connectivity index (χ3n) is 1.46. The molecule has 0 saturated heterocycles. The second kappa shape index (κ2) is 4.74. The maximum atomic E-state index is 8.30. The van der Waals surface area contributed by atoms with Crippen LogP contribution in [0.15, 0.2) is 12.3 Å². The molecule has 4 nitrogen and oxygen atoms in total. The average Bonchev–Trinajstić information content (AvgIpc) is 2.19. The Bertz CT molecular complexity index is 423. The summed E-state index contributed by atoms with van der Waals surface area (Å²) in [7, 11) is 1.51. The van der Waals surface area contributed by atoms with Crippen LogP contribution in [0.5, 0.6) is 5.88 Å². The van der Waals surface area contributed by atoms with E-state index in [-0.39, 0.29) is 6.42 Å². The second-order valence-electron chi connectivity index (χ2n) is 2.46. The van der Waals surface area contributed by atoms with Crippen LogP contribution in [-0.2, 0) is 0 Å². The molecule has 0 fully saturated rings. The van der Waals surface area contributed by atoms with Crippen molar-refractivity contribution in [1.29, 1.82) is 5.26 Å². The van der Waals surface area contributed by atoms with Crippen LogP contribution >= 0.6 is 0 Å². The van der Waals surface area contributed by atoms with Gasteiger partial charge in [-0.05, 0) is 6.07 Å². The monoisotopic (exact) mass is 187 g/mol.